The summed E-state index contributed by atoms with van der Waals surface area (Å²) in [5, 5.41) is 4.29. The first kappa shape index (κ1) is 12.7. The molecule has 0 aliphatic carbocycles. The summed E-state index contributed by atoms with van der Waals surface area (Å²) < 4.78 is 2.34. The first-order valence-corrected chi connectivity index (χ1v) is 7.46. The van der Waals surface area contributed by atoms with E-state index in [1.807, 2.05) is 12.1 Å². The molecule has 0 radical (unpaired) electrons. The normalized spacial score (nSPS) is 15.3. The Kier molecular flexibility index (Phi) is 3.56. The van der Waals surface area contributed by atoms with Gasteiger partial charge in [-0.2, -0.15) is 9.78 Å². The van der Waals surface area contributed by atoms with Gasteiger partial charge in [0.05, 0.1) is 0 Å². The van der Waals surface area contributed by atoms with Crippen LogP contribution in [-0.2, 0) is 0 Å². The number of hydrogen-bond donors (Lipinski definition) is 0. The molecule has 1 aromatic heterocycles. The maximum atomic E-state index is 11.9. The van der Waals surface area contributed by atoms with Crippen molar-refractivity contribution < 1.29 is 4.79 Å². The van der Waals surface area contributed by atoms with E-state index in [0.717, 1.165) is 17.6 Å². The SMILES string of the molecule is O=C(N1CC(Sc2ccc(Br)cc2)C1)n1cncn1. The smallest absolute Gasteiger partial charge is 0.320 e. The fourth-order valence-corrected chi connectivity index (χ4v) is 3.28. The highest BCUT2D eigenvalue weighted by Gasteiger charge is 2.32. The van der Waals surface area contributed by atoms with Crippen molar-refractivity contribution in [1.82, 2.24) is 19.7 Å². The maximum absolute atomic E-state index is 11.9. The Labute approximate surface area is 123 Å². The first-order valence-electron chi connectivity index (χ1n) is 5.78. The number of thioether (sulfide) groups is 1. The lowest BCUT2D eigenvalue weighted by atomic mass is 10.2. The highest BCUT2D eigenvalue weighted by atomic mass is 79.9. The van der Waals surface area contributed by atoms with Gasteiger partial charge in [0.15, 0.2) is 0 Å². The van der Waals surface area contributed by atoms with Crippen molar-refractivity contribution in [3.8, 4) is 0 Å². The number of halogens is 1. The Morgan fingerprint density at radius 2 is 2.05 bits per heavy atom. The van der Waals surface area contributed by atoms with Gasteiger partial charge in [0.2, 0.25) is 0 Å². The van der Waals surface area contributed by atoms with Crippen LogP contribution in [-0.4, -0.2) is 44.0 Å². The molecule has 0 atom stereocenters. The van der Waals surface area contributed by atoms with Gasteiger partial charge in [-0.1, -0.05) is 15.9 Å². The predicted molar refractivity (Wildman–Crippen MR) is 76.2 cm³/mol. The monoisotopic (exact) mass is 338 g/mol. The first-order chi connectivity index (χ1) is 9.22. The second-order valence-corrected chi connectivity index (χ2v) is 6.51. The Bertz CT molecular complexity index is 566. The van der Waals surface area contributed by atoms with Crippen LogP contribution in [0.1, 0.15) is 0 Å². The topological polar surface area (TPSA) is 51.0 Å². The quantitative estimate of drug-likeness (QED) is 0.844. The summed E-state index contributed by atoms with van der Waals surface area (Å²) >= 11 is 5.21. The highest BCUT2D eigenvalue weighted by Crippen LogP contribution is 2.30. The molecule has 2 heterocycles. The third-order valence-electron chi connectivity index (χ3n) is 2.85. The summed E-state index contributed by atoms with van der Waals surface area (Å²) in [4.78, 5) is 18.7. The number of aromatic nitrogens is 3. The van der Waals surface area contributed by atoms with Crippen LogP contribution in [0.25, 0.3) is 0 Å². The molecule has 7 heteroatoms. The Morgan fingerprint density at radius 1 is 1.32 bits per heavy atom. The Morgan fingerprint density at radius 3 is 2.68 bits per heavy atom. The van der Waals surface area contributed by atoms with Crippen LogP contribution >= 0.6 is 27.7 Å². The standard InChI is InChI=1S/C12H11BrN4OS/c13-9-1-3-10(4-2-9)19-11-5-16(6-11)12(18)17-8-14-7-15-17/h1-4,7-8,11H,5-6H2. The molecule has 5 nitrogen and oxygen atoms in total. The van der Waals surface area contributed by atoms with Crippen LogP contribution in [0.3, 0.4) is 0 Å². The van der Waals surface area contributed by atoms with Gasteiger partial charge < -0.3 is 4.90 Å². The summed E-state index contributed by atoms with van der Waals surface area (Å²) in [6.07, 6.45) is 2.79. The molecule has 0 unspecified atom stereocenters. The van der Waals surface area contributed by atoms with Gasteiger partial charge >= 0.3 is 6.03 Å². The van der Waals surface area contributed by atoms with Crippen molar-refractivity contribution >= 4 is 33.7 Å². The molecule has 0 N–H and O–H groups in total. The van der Waals surface area contributed by atoms with E-state index < -0.39 is 0 Å². The van der Waals surface area contributed by atoms with E-state index in [-0.39, 0.29) is 6.03 Å². The summed E-state index contributed by atoms with van der Waals surface area (Å²) in [6.45, 7) is 1.50. The second-order valence-electron chi connectivity index (χ2n) is 4.22. The van der Waals surface area contributed by atoms with E-state index >= 15 is 0 Å². The molecular formula is C12H11BrN4OS. The fraction of sp³-hybridized carbons (Fsp3) is 0.250. The molecule has 3 rings (SSSR count). The van der Waals surface area contributed by atoms with Gasteiger partial charge in [0.25, 0.3) is 0 Å². The predicted octanol–water partition coefficient (Wildman–Crippen LogP) is 2.49. The van der Waals surface area contributed by atoms with E-state index in [1.165, 1.54) is 22.2 Å². The largest absolute Gasteiger partial charge is 0.346 e. The van der Waals surface area contributed by atoms with Gasteiger partial charge in [-0.3, -0.25) is 0 Å². The molecule has 1 aliphatic rings. The zero-order valence-corrected chi connectivity index (χ0v) is 12.3. The molecule has 0 spiro atoms. The minimum Gasteiger partial charge on any atom is -0.320 e. The lowest BCUT2D eigenvalue weighted by Gasteiger charge is -2.38. The highest BCUT2D eigenvalue weighted by molar-refractivity contribution is 9.10. The molecule has 1 aliphatic heterocycles. The minimum absolute atomic E-state index is 0.106. The zero-order chi connectivity index (χ0) is 13.2. The maximum Gasteiger partial charge on any atom is 0.346 e. The number of likely N-dealkylation sites (tertiary alicyclic amines) is 1. The van der Waals surface area contributed by atoms with Crippen molar-refractivity contribution in [2.75, 3.05) is 13.1 Å². The van der Waals surface area contributed by atoms with Crippen LogP contribution < -0.4 is 0 Å². The van der Waals surface area contributed by atoms with Crippen molar-refractivity contribution in [2.24, 2.45) is 0 Å². The lowest BCUT2D eigenvalue weighted by Crippen LogP contribution is -2.53. The number of nitrogens with zero attached hydrogens (tertiary/aromatic N) is 4. The number of carbonyl (C=O) groups excluding carboxylic acids is 1. The molecule has 19 heavy (non-hydrogen) atoms. The van der Waals surface area contributed by atoms with E-state index in [1.54, 1.807) is 16.7 Å². The number of amides is 1. The molecule has 1 aromatic carbocycles. The van der Waals surface area contributed by atoms with Crippen molar-refractivity contribution in [3.63, 3.8) is 0 Å². The van der Waals surface area contributed by atoms with Crippen LogP contribution in [0.15, 0.2) is 46.3 Å². The molecule has 0 saturated carbocycles. The fourth-order valence-electron chi connectivity index (χ4n) is 1.83. The van der Waals surface area contributed by atoms with Crippen molar-refractivity contribution in [1.29, 1.82) is 0 Å². The molecule has 1 amide bonds. The van der Waals surface area contributed by atoms with Gasteiger partial charge in [0, 0.05) is 27.7 Å². The third-order valence-corrected chi connectivity index (χ3v) is 4.55. The zero-order valence-electron chi connectivity index (χ0n) is 9.94. The van der Waals surface area contributed by atoms with Gasteiger partial charge in [0.1, 0.15) is 12.7 Å². The van der Waals surface area contributed by atoms with Crippen LogP contribution in [0, 0.1) is 0 Å². The van der Waals surface area contributed by atoms with Crippen LogP contribution in [0.4, 0.5) is 4.79 Å². The number of benzene rings is 1. The lowest BCUT2D eigenvalue weighted by molar-refractivity contribution is 0.169. The second kappa shape index (κ2) is 5.34. The molecule has 0 bridgehead atoms. The molecule has 2 aromatic rings. The number of carbonyl (C=O) groups is 1. The molecule has 1 fully saturated rings. The van der Waals surface area contributed by atoms with Gasteiger partial charge in [-0.25, -0.2) is 9.78 Å². The van der Waals surface area contributed by atoms with Crippen molar-refractivity contribution in [2.45, 2.75) is 10.1 Å². The van der Waals surface area contributed by atoms with Gasteiger partial charge in [-0.05, 0) is 24.3 Å². The summed E-state index contributed by atoms with van der Waals surface area (Å²) in [7, 11) is 0. The minimum atomic E-state index is -0.106. The molecular weight excluding hydrogens is 328 g/mol. The average molecular weight is 339 g/mol. The van der Waals surface area contributed by atoms with E-state index in [9.17, 15) is 4.79 Å². The number of hydrogen-bond acceptors (Lipinski definition) is 4. The molecule has 1 saturated heterocycles. The van der Waals surface area contributed by atoms with Gasteiger partial charge in [-0.15, -0.1) is 11.8 Å². The van der Waals surface area contributed by atoms with E-state index in [4.69, 9.17) is 0 Å². The van der Waals surface area contributed by atoms with E-state index in [2.05, 4.69) is 38.1 Å². The number of rotatable bonds is 2. The summed E-state index contributed by atoms with van der Waals surface area (Å²) in [5.41, 5.74) is 0. The summed E-state index contributed by atoms with van der Waals surface area (Å²) in [5.74, 6) is 0. The van der Waals surface area contributed by atoms with Crippen molar-refractivity contribution in [3.05, 3.63) is 41.4 Å². The Hall–Kier alpha value is -1.34. The molecule has 98 valence electrons. The van der Waals surface area contributed by atoms with Crippen LogP contribution in [0.2, 0.25) is 0 Å². The average Bonchev–Trinajstić information content (AvgIpc) is 2.88. The van der Waals surface area contributed by atoms with E-state index in [0.29, 0.717) is 5.25 Å². The van der Waals surface area contributed by atoms with Crippen LogP contribution in [0.5, 0.6) is 0 Å². The Balaban J connectivity index is 1.53. The summed E-state index contributed by atoms with van der Waals surface area (Å²) in [6, 6.07) is 8.11. The third kappa shape index (κ3) is 2.82.